The van der Waals surface area contributed by atoms with Crippen LogP contribution in [0, 0.1) is 6.92 Å². The zero-order valence-corrected chi connectivity index (χ0v) is 18.0. The molecule has 1 aliphatic heterocycles. The molecule has 0 saturated heterocycles. The third-order valence-corrected chi connectivity index (χ3v) is 6.57. The Kier molecular flexibility index (Phi) is 6.29. The fourth-order valence-corrected chi connectivity index (χ4v) is 4.85. The van der Waals surface area contributed by atoms with E-state index >= 15 is 0 Å². The van der Waals surface area contributed by atoms with Crippen molar-refractivity contribution in [2.45, 2.75) is 38.8 Å². The van der Waals surface area contributed by atoms with Gasteiger partial charge < -0.3 is 10.2 Å². The van der Waals surface area contributed by atoms with Gasteiger partial charge in [-0.25, -0.2) is 0 Å². The Balaban J connectivity index is 1.42. The second-order valence-electron chi connectivity index (χ2n) is 7.71. The molecule has 4 rings (SSSR count). The Morgan fingerprint density at radius 1 is 1.03 bits per heavy atom. The molecule has 1 aromatic heterocycles. The van der Waals surface area contributed by atoms with Crippen LogP contribution in [0.1, 0.15) is 46.0 Å². The van der Waals surface area contributed by atoms with Gasteiger partial charge >= 0.3 is 0 Å². The number of thiophene rings is 1. The first-order valence-electron chi connectivity index (χ1n) is 10.3. The van der Waals surface area contributed by atoms with Crippen molar-refractivity contribution >= 4 is 23.2 Å². The minimum absolute atomic E-state index is 0.0345. The first-order valence-corrected chi connectivity index (χ1v) is 11.2. The van der Waals surface area contributed by atoms with Crippen LogP contribution in [0.2, 0.25) is 0 Å². The molecule has 2 amide bonds. The fraction of sp³-hybridized carbons (Fsp3) is 0.280. The van der Waals surface area contributed by atoms with E-state index in [2.05, 4.69) is 48.0 Å². The van der Waals surface area contributed by atoms with Crippen LogP contribution in [0.4, 0.5) is 0 Å². The molecular weight excluding hydrogens is 392 g/mol. The highest BCUT2D eigenvalue weighted by Crippen LogP contribution is 2.38. The number of nitrogens with one attached hydrogen (secondary N) is 1. The number of carbonyl (C=O) groups excluding carboxylic acids is 2. The quantitative estimate of drug-likeness (QED) is 0.635. The van der Waals surface area contributed by atoms with Gasteiger partial charge in [-0.3, -0.25) is 9.59 Å². The fourth-order valence-electron chi connectivity index (χ4n) is 3.94. The number of carbonyl (C=O) groups is 2. The number of rotatable bonds is 6. The maximum Gasteiger partial charge on any atom is 0.223 e. The molecule has 5 heteroatoms. The second kappa shape index (κ2) is 9.26. The molecular formula is C25H26N2O2S. The van der Waals surface area contributed by atoms with Crippen LogP contribution in [-0.4, -0.2) is 23.3 Å². The Labute approximate surface area is 181 Å². The summed E-state index contributed by atoms with van der Waals surface area (Å²) < 4.78 is 0. The lowest BCUT2D eigenvalue weighted by molar-refractivity contribution is -0.135. The summed E-state index contributed by atoms with van der Waals surface area (Å²) in [5.74, 6) is -0.0559. The van der Waals surface area contributed by atoms with Crippen molar-refractivity contribution in [3.63, 3.8) is 0 Å². The van der Waals surface area contributed by atoms with Crippen LogP contribution in [-0.2, 0) is 22.6 Å². The smallest absolute Gasteiger partial charge is 0.223 e. The molecule has 4 nitrogen and oxygen atoms in total. The first-order chi connectivity index (χ1) is 14.6. The van der Waals surface area contributed by atoms with Crippen LogP contribution >= 0.6 is 11.3 Å². The summed E-state index contributed by atoms with van der Waals surface area (Å²) >= 11 is 1.76. The molecule has 1 atom stereocenters. The molecule has 154 valence electrons. The van der Waals surface area contributed by atoms with E-state index in [0.717, 1.165) is 17.5 Å². The van der Waals surface area contributed by atoms with E-state index in [-0.39, 0.29) is 30.7 Å². The molecule has 1 aliphatic rings. The van der Waals surface area contributed by atoms with E-state index < -0.39 is 0 Å². The van der Waals surface area contributed by atoms with E-state index in [1.807, 2.05) is 35.2 Å². The van der Waals surface area contributed by atoms with Crippen molar-refractivity contribution < 1.29 is 9.59 Å². The third-order valence-electron chi connectivity index (χ3n) is 5.58. The van der Waals surface area contributed by atoms with E-state index in [9.17, 15) is 9.59 Å². The van der Waals surface area contributed by atoms with E-state index in [1.54, 1.807) is 11.3 Å². The van der Waals surface area contributed by atoms with Gasteiger partial charge in [-0.1, -0.05) is 60.2 Å². The van der Waals surface area contributed by atoms with Crippen LogP contribution in [0.5, 0.6) is 0 Å². The zero-order chi connectivity index (χ0) is 20.9. The summed E-state index contributed by atoms with van der Waals surface area (Å²) in [6.45, 7) is 3.25. The average molecular weight is 419 g/mol. The molecule has 0 aliphatic carbocycles. The number of aryl methyl sites for hydroxylation is 1. The van der Waals surface area contributed by atoms with Crippen molar-refractivity contribution in [3.8, 4) is 0 Å². The molecule has 0 saturated carbocycles. The lowest BCUT2D eigenvalue weighted by Gasteiger charge is -2.36. The lowest BCUT2D eigenvalue weighted by atomic mass is 9.92. The molecule has 2 heterocycles. The van der Waals surface area contributed by atoms with Gasteiger partial charge in [0.15, 0.2) is 0 Å². The highest BCUT2D eigenvalue weighted by Gasteiger charge is 2.32. The average Bonchev–Trinajstić information content (AvgIpc) is 3.25. The van der Waals surface area contributed by atoms with Crippen LogP contribution < -0.4 is 5.32 Å². The Hall–Kier alpha value is -2.92. The Bertz CT molecular complexity index is 1010. The molecule has 30 heavy (non-hydrogen) atoms. The maximum absolute atomic E-state index is 13.1. The number of amides is 2. The monoisotopic (exact) mass is 418 g/mol. The molecule has 1 N–H and O–H groups in total. The summed E-state index contributed by atoms with van der Waals surface area (Å²) in [6.07, 6.45) is 1.31. The third kappa shape index (κ3) is 4.62. The minimum atomic E-state index is -0.0904. The normalized spacial score (nSPS) is 15.5. The number of hydrogen-bond donors (Lipinski definition) is 1. The van der Waals surface area contributed by atoms with Crippen LogP contribution in [0.3, 0.4) is 0 Å². The molecule has 0 radical (unpaired) electrons. The standard InChI is InChI=1S/C25H26N2O2S/c1-18-7-9-20(10-8-18)25-21-14-16-30-22(21)13-15-27(25)24(29)12-11-23(28)26-17-19-5-3-2-4-6-19/h2-10,14,16,25H,11-13,15,17H2,1H3,(H,26,28). The minimum Gasteiger partial charge on any atom is -0.352 e. The molecule has 3 aromatic rings. The summed E-state index contributed by atoms with van der Waals surface area (Å²) in [7, 11) is 0. The largest absolute Gasteiger partial charge is 0.352 e. The predicted molar refractivity (Wildman–Crippen MR) is 120 cm³/mol. The number of hydrogen-bond acceptors (Lipinski definition) is 3. The van der Waals surface area contributed by atoms with Gasteiger partial charge in [-0.05, 0) is 41.5 Å². The summed E-state index contributed by atoms with van der Waals surface area (Å²) in [4.78, 5) is 28.7. The van der Waals surface area contributed by atoms with Crippen LogP contribution in [0.25, 0.3) is 0 Å². The van der Waals surface area contributed by atoms with Gasteiger partial charge in [0.25, 0.3) is 0 Å². The molecule has 1 unspecified atom stereocenters. The highest BCUT2D eigenvalue weighted by atomic mass is 32.1. The molecule has 0 fully saturated rings. The zero-order valence-electron chi connectivity index (χ0n) is 17.1. The van der Waals surface area contributed by atoms with Crippen molar-refractivity contribution in [1.29, 1.82) is 0 Å². The number of nitrogens with zero attached hydrogens (tertiary/aromatic N) is 1. The van der Waals surface area contributed by atoms with Gasteiger partial charge in [-0.2, -0.15) is 0 Å². The SMILES string of the molecule is Cc1ccc(C2c3ccsc3CCN2C(=O)CCC(=O)NCc2ccccc2)cc1. The lowest BCUT2D eigenvalue weighted by Crippen LogP contribution is -2.40. The van der Waals surface area contributed by atoms with E-state index in [1.165, 1.54) is 16.0 Å². The van der Waals surface area contributed by atoms with E-state index in [4.69, 9.17) is 0 Å². The summed E-state index contributed by atoms with van der Waals surface area (Å²) in [5.41, 5.74) is 4.60. The van der Waals surface area contributed by atoms with Crippen molar-refractivity contribution in [2.24, 2.45) is 0 Å². The molecule has 0 spiro atoms. The van der Waals surface area contributed by atoms with Crippen molar-refractivity contribution in [2.75, 3.05) is 6.54 Å². The van der Waals surface area contributed by atoms with Crippen molar-refractivity contribution in [1.82, 2.24) is 10.2 Å². The van der Waals surface area contributed by atoms with Crippen molar-refractivity contribution in [3.05, 3.63) is 93.2 Å². The van der Waals surface area contributed by atoms with E-state index in [0.29, 0.717) is 13.1 Å². The maximum atomic E-state index is 13.1. The number of benzene rings is 2. The molecule has 2 aromatic carbocycles. The Morgan fingerprint density at radius 2 is 1.80 bits per heavy atom. The van der Waals surface area contributed by atoms with Gasteiger partial charge in [-0.15, -0.1) is 11.3 Å². The highest BCUT2D eigenvalue weighted by molar-refractivity contribution is 7.10. The summed E-state index contributed by atoms with van der Waals surface area (Å²) in [5, 5.41) is 5.02. The topological polar surface area (TPSA) is 49.4 Å². The first kappa shape index (κ1) is 20.4. The Morgan fingerprint density at radius 3 is 2.57 bits per heavy atom. The second-order valence-corrected chi connectivity index (χ2v) is 8.71. The van der Waals surface area contributed by atoms with Gasteiger partial charge in [0.05, 0.1) is 6.04 Å². The summed E-state index contributed by atoms with van der Waals surface area (Å²) in [6, 6.07) is 20.3. The van der Waals surface area contributed by atoms with Crippen LogP contribution in [0.15, 0.2) is 66.0 Å². The molecule has 0 bridgehead atoms. The number of fused-ring (bicyclic) bond motifs is 1. The van der Waals surface area contributed by atoms with Gasteiger partial charge in [0.2, 0.25) is 11.8 Å². The van der Waals surface area contributed by atoms with Gasteiger partial charge in [0.1, 0.15) is 0 Å². The van der Waals surface area contributed by atoms with Gasteiger partial charge in [0, 0.05) is 30.8 Å². The predicted octanol–water partition coefficient (Wildman–Crippen LogP) is 4.63.